The summed E-state index contributed by atoms with van der Waals surface area (Å²) in [5.41, 5.74) is 2.85. The van der Waals surface area contributed by atoms with E-state index >= 15 is 0 Å². The maximum absolute atomic E-state index is 6.47. The zero-order valence-corrected chi connectivity index (χ0v) is 15.2. The minimum atomic E-state index is 0.319. The first-order valence-corrected chi connectivity index (χ1v) is 8.78. The maximum Gasteiger partial charge on any atom is 0.0440 e. The van der Waals surface area contributed by atoms with Gasteiger partial charge in [-0.1, -0.05) is 64.3 Å². The van der Waals surface area contributed by atoms with Gasteiger partial charge >= 0.3 is 0 Å². The Bertz CT molecular complexity index is 428. The van der Waals surface area contributed by atoms with Crippen LogP contribution in [0.2, 0.25) is 5.02 Å². The molecule has 0 radical (unpaired) electrons. The number of nitrogens with one attached hydrogen (secondary N) is 1. The molecule has 1 aromatic rings. The van der Waals surface area contributed by atoms with Gasteiger partial charge in [0.1, 0.15) is 0 Å². The molecule has 0 aliphatic rings. The van der Waals surface area contributed by atoms with E-state index in [-0.39, 0.29) is 0 Å². The number of benzene rings is 1. The Balaban J connectivity index is 2.92. The standard InChI is InChI=1S/C19H32ClN/c1-6-8-11-19(7-2,14-21-15(3)4)13-17-10-9-16(5)12-18(17)20/h9-10,12,15,21H,6-8,11,13-14H2,1-5H3. The van der Waals surface area contributed by atoms with E-state index in [1.165, 1.54) is 36.8 Å². The molecule has 1 nitrogen and oxygen atoms in total. The highest BCUT2D eigenvalue weighted by Crippen LogP contribution is 2.35. The Morgan fingerprint density at radius 2 is 1.95 bits per heavy atom. The summed E-state index contributed by atoms with van der Waals surface area (Å²) in [7, 11) is 0. The van der Waals surface area contributed by atoms with Gasteiger partial charge in [0.2, 0.25) is 0 Å². The van der Waals surface area contributed by atoms with Crippen molar-refractivity contribution in [2.75, 3.05) is 6.54 Å². The van der Waals surface area contributed by atoms with Crippen molar-refractivity contribution in [1.82, 2.24) is 5.32 Å². The van der Waals surface area contributed by atoms with E-state index in [4.69, 9.17) is 11.6 Å². The molecule has 0 saturated carbocycles. The molecule has 1 unspecified atom stereocenters. The molecule has 1 aromatic carbocycles. The van der Waals surface area contributed by atoms with E-state index in [0.717, 1.165) is 18.0 Å². The Kier molecular flexibility index (Phi) is 7.76. The van der Waals surface area contributed by atoms with Gasteiger partial charge in [-0.05, 0) is 48.8 Å². The third-order valence-electron chi connectivity index (χ3n) is 4.47. The summed E-state index contributed by atoms with van der Waals surface area (Å²) in [6.07, 6.45) is 6.07. The summed E-state index contributed by atoms with van der Waals surface area (Å²) in [4.78, 5) is 0. The fraction of sp³-hybridized carbons (Fsp3) is 0.684. The van der Waals surface area contributed by atoms with Crippen molar-refractivity contribution in [3.8, 4) is 0 Å². The molecular weight excluding hydrogens is 278 g/mol. The predicted octanol–water partition coefficient (Wildman–Crippen LogP) is 5.78. The molecule has 1 atom stereocenters. The van der Waals surface area contributed by atoms with Crippen LogP contribution in [0, 0.1) is 12.3 Å². The normalized spacial score (nSPS) is 14.4. The van der Waals surface area contributed by atoms with Crippen LogP contribution >= 0.6 is 11.6 Å². The summed E-state index contributed by atoms with van der Waals surface area (Å²) in [6.45, 7) is 12.2. The first-order chi connectivity index (χ1) is 9.92. The number of halogens is 1. The molecule has 0 fully saturated rings. The van der Waals surface area contributed by atoms with Gasteiger partial charge in [0.15, 0.2) is 0 Å². The van der Waals surface area contributed by atoms with E-state index in [2.05, 4.69) is 58.1 Å². The van der Waals surface area contributed by atoms with Gasteiger partial charge in [0.25, 0.3) is 0 Å². The van der Waals surface area contributed by atoms with Crippen LogP contribution in [0.4, 0.5) is 0 Å². The average Bonchev–Trinajstić information content (AvgIpc) is 2.44. The quantitative estimate of drug-likeness (QED) is 0.610. The number of hydrogen-bond acceptors (Lipinski definition) is 1. The first kappa shape index (κ1) is 18.5. The summed E-state index contributed by atoms with van der Waals surface area (Å²) in [5, 5.41) is 4.58. The van der Waals surface area contributed by atoms with E-state index in [0.29, 0.717) is 11.5 Å². The van der Waals surface area contributed by atoms with E-state index < -0.39 is 0 Å². The Morgan fingerprint density at radius 3 is 2.48 bits per heavy atom. The van der Waals surface area contributed by atoms with Crippen LogP contribution in [0.15, 0.2) is 18.2 Å². The van der Waals surface area contributed by atoms with Crippen LogP contribution < -0.4 is 5.32 Å². The fourth-order valence-electron chi connectivity index (χ4n) is 2.84. The largest absolute Gasteiger partial charge is 0.314 e. The van der Waals surface area contributed by atoms with Gasteiger partial charge in [-0.25, -0.2) is 0 Å². The summed E-state index contributed by atoms with van der Waals surface area (Å²) < 4.78 is 0. The SMILES string of the molecule is CCCCC(CC)(CNC(C)C)Cc1ccc(C)cc1Cl. The van der Waals surface area contributed by atoms with Gasteiger partial charge in [-0.2, -0.15) is 0 Å². The minimum Gasteiger partial charge on any atom is -0.314 e. The van der Waals surface area contributed by atoms with Gasteiger partial charge in [-0.15, -0.1) is 0 Å². The van der Waals surface area contributed by atoms with Crippen molar-refractivity contribution in [2.24, 2.45) is 5.41 Å². The zero-order valence-electron chi connectivity index (χ0n) is 14.4. The van der Waals surface area contributed by atoms with Gasteiger partial charge in [0, 0.05) is 17.6 Å². The lowest BCUT2D eigenvalue weighted by atomic mass is 9.75. The van der Waals surface area contributed by atoms with Gasteiger partial charge in [-0.3, -0.25) is 0 Å². The highest BCUT2D eigenvalue weighted by molar-refractivity contribution is 6.31. The number of unbranched alkanes of at least 4 members (excludes halogenated alkanes) is 1. The van der Waals surface area contributed by atoms with Crippen LogP contribution in [-0.2, 0) is 6.42 Å². The van der Waals surface area contributed by atoms with Crippen molar-refractivity contribution < 1.29 is 0 Å². The molecule has 0 spiro atoms. The molecule has 0 aliphatic heterocycles. The summed E-state index contributed by atoms with van der Waals surface area (Å²) in [5.74, 6) is 0. The molecule has 1 rings (SSSR count). The smallest absolute Gasteiger partial charge is 0.0440 e. The lowest BCUT2D eigenvalue weighted by Gasteiger charge is -2.35. The molecule has 0 amide bonds. The molecule has 0 saturated heterocycles. The van der Waals surface area contributed by atoms with E-state index in [9.17, 15) is 0 Å². The van der Waals surface area contributed by atoms with Crippen LogP contribution in [-0.4, -0.2) is 12.6 Å². The summed E-state index contributed by atoms with van der Waals surface area (Å²) in [6, 6.07) is 7.01. The van der Waals surface area contributed by atoms with Crippen molar-refractivity contribution in [2.45, 2.75) is 72.8 Å². The van der Waals surface area contributed by atoms with Crippen LogP contribution in [0.1, 0.15) is 64.5 Å². The molecule has 0 heterocycles. The number of rotatable bonds is 9. The molecule has 2 heteroatoms. The van der Waals surface area contributed by atoms with Crippen LogP contribution in [0.5, 0.6) is 0 Å². The lowest BCUT2D eigenvalue weighted by molar-refractivity contribution is 0.223. The molecule has 0 aliphatic carbocycles. The molecule has 21 heavy (non-hydrogen) atoms. The third-order valence-corrected chi connectivity index (χ3v) is 4.82. The second-order valence-electron chi connectivity index (χ2n) is 6.76. The molecule has 120 valence electrons. The lowest BCUT2D eigenvalue weighted by Crippen LogP contribution is -2.39. The monoisotopic (exact) mass is 309 g/mol. The van der Waals surface area contributed by atoms with Crippen molar-refractivity contribution in [3.63, 3.8) is 0 Å². The number of hydrogen-bond donors (Lipinski definition) is 1. The van der Waals surface area contributed by atoms with Crippen LogP contribution in [0.3, 0.4) is 0 Å². The highest BCUT2D eigenvalue weighted by atomic mass is 35.5. The average molecular weight is 310 g/mol. The van der Waals surface area contributed by atoms with Gasteiger partial charge in [0.05, 0.1) is 0 Å². The molecular formula is C19H32ClN. The Morgan fingerprint density at radius 1 is 1.24 bits per heavy atom. The van der Waals surface area contributed by atoms with Crippen LogP contribution in [0.25, 0.3) is 0 Å². The second-order valence-corrected chi connectivity index (χ2v) is 7.17. The zero-order chi connectivity index (χ0) is 15.9. The van der Waals surface area contributed by atoms with Crippen molar-refractivity contribution >= 4 is 11.6 Å². The van der Waals surface area contributed by atoms with E-state index in [1.54, 1.807) is 0 Å². The summed E-state index contributed by atoms with van der Waals surface area (Å²) >= 11 is 6.47. The predicted molar refractivity (Wildman–Crippen MR) is 95.3 cm³/mol. The third kappa shape index (κ3) is 6.00. The molecule has 0 bridgehead atoms. The second kappa shape index (κ2) is 8.80. The Hall–Kier alpha value is -0.530. The number of aryl methyl sites for hydroxylation is 1. The van der Waals surface area contributed by atoms with E-state index in [1.807, 2.05) is 0 Å². The minimum absolute atomic E-state index is 0.319. The Labute approximate surface area is 136 Å². The fourth-order valence-corrected chi connectivity index (χ4v) is 3.14. The van der Waals surface area contributed by atoms with Crippen molar-refractivity contribution in [3.05, 3.63) is 34.3 Å². The topological polar surface area (TPSA) is 12.0 Å². The molecule has 1 N–H and O–H groups in total. The maximum atomic E-state index is 6.47. The first-order valence-electron chi connectivity index (χ1n) is 8.41. The highest BCUT2D eigenvalue weighted by Gasteiger charge is 2.28. The van der Waals surface area contributed by atoms with Gasteiger partial charge < -0.3 is 5.32 Å². The molecule has 0 aromatic heterocycles. The van der Waals surface area contributed by atoms with Crippen molar-refractivity contribution in [1.29, 1.82) is 0 Å².